The molecule has 1 fully saturated rings. The Kier molecular flexibility index (Phi) is 5.53. The fourth-order valence-corrected chi connectivity index (χ4v) is 4.27. The molecule has 2 amide bonds. The quantitative estimate of drug-likeness (QED) is 0.822. The van der Waals surface area contributed by atoms with E-state index in [1.165, 1.54) is 0 Å². The Morgan fingerprint density at radius 3 is 2.63 bits per heavy atom. The van der Waals surface area contributed by atoms with Crippen LogP contribution in [0.5, 0.6) is 11.5 Å². The van der Waals surface area contributed by atoms with Crippen LogP contribution in [0.15, 0.2) is 36.4 Å². The van der Waals surface area contributed by atoms with Crippen LogP contribution in [0.3, 0.4) is 0 Å². The van der Waals surface area contributed by atoms with Gasteiger partial charge in [-0.3, -0.25) is 9.59 Å². The predicted octanol–water partition coefficient (Wildman–Crippen LogP) is 2.97. The van der Waals surface area contributed by atoms with E-state index in [0.29, 0.717) is 23.6 Å². The summed E-state index contributed by atoms with van der Waals surface area (Å²) in [5.74, 6) is 1.18. The molecule has 2 aliphatic rings. The van der Waals surface area contributed by atoms with Crippen LogP contribution < -0.4 is 24.6 Å². The molecule has 158 valence electrons. The lowest BCUT2D eigenvalue weighted by molar-refractivity contribution is -0.120. The van der Waals surface area contributed by atoms with E-state index in [2.05, 4.69) is 10.2 Å². The van der Waals surface area contributed by atoms with Gasteiger partial charge < -0.3 is 24.6 Å². The molecule has 0 radical (unpaired) electrons. The monoisotopic (exact) mass is 409 g/mol. The molecule has 0 aromatic heterocycles. The van der Waals surface area contributed by atoms with Crippen LogP contribution in [0, 0.1) is 0 Å². The van der Waals surface area contributed by atoms with E-state index in [1.54, 1.807) is 26.2 Å². The highest BCUT2D eigenvalue weighted by Crippen LogP contribution is 2.39. The van der Waals surface area contributed by atoms with Crippen molar-refractivity contribution in [3.8, 4) is 11.5 Å². The molecule has 2 heterocycles. The Bertz CT molecular complexity index is 975. The predicted molar refractivity (Wildman–Crippen MR) is 116 cm³/mol. The Balaban J connectivity index is 1.51. The Hall–Kier alpha value is -3.22. The molecule has 0 aliphatic carbocycles. The number of carbonyl (C=O) groups is 2. The maximum atomic E-state index is 12.8. The van der Waals surface area contributed by atoms with Crippen LogP contribution in [0.4, 0.5) is 11.4 Å². The average Bonchev–Trinajstić information content (AvgIpc) is 2.80. The lowest BCUT2D eigenvalue weighted by Gasteiger charge is -2.44. The summed E-state index contributed by atoms with van der Waals surface area (Å²) in [5, 5.41) is 2.94. The molecule has 0 saturated carbocycles. The van der Waals surface area contributed by atoms with Gasteiger partial charge in [0.25, 0.3) is 5.91 Å². The highest BCUT2D eigenvalue weighted by Gasteiger charge is 2.37. The zero-order valence-corrected chi connectivity index (χ0v) is 17.6. The van der Waals surface area contributed by atoms with Crippen molar-refractivity contribution < 1.29 is 19.1 Å². The third kappa shape index (κ3) is 3.56. The van der Waals surface area contributed by atoms with Crippen LogP contribution in [0.2, 0.25) is 0 Å². The second-order valence-corrected chi connectivity index (χ2v) is 7.68. The van der Waals surface area contributed by atoms with Gasteiger partial charge in [0.05, 0.1) is 25.6 Å². The first kappa shape index (κ1) is 20.1. The highest BCUT2D eigenvalue weighted by molar-refractivity contribution is 6.07. The number of benzene rings is 2. The zero-order valence-electron chi connectivity index (χ0n) is 17.6. The fraction of sp³-hybridized carbons (Fsp3) is 0.391. The van der Waals surface area contributed by atoms with Gasteiger partial charge in [0.1, 0.15) is 6.04 Å². The molecule has 30 heavy (non-hydrogen) atoms. The molecule has 1 unspecified atom stereocenters. The van der Waals surface area contributed by atoms with Crippen molar-refractivity contribution >= 4 is 23.2 Å². The number of hydrogen-bond acceptors (Lipinski definition) is 5. The van der Waals surface area contributed by atoms with Crippen molar-refractivity contribution in [1.82, 2.24) is 5.32 Å². The maximum Gasteiger partial charge on any atom is 0.251 e. The average molecular weight is 409 g/mol. The number of methoxy groups -OCH3 is 2. The van der Waals surface area contributed by atoms with Crippen LogP contribution in [-0.4, -0.2) is 45.7 Å². The van der Waals surface area contributed by atoms with Gasteiger partial charge in [-0.25, -0.2) is 0 Å². The standard InChI is InChI=1S/C23H27N3O4/c1-25-19-13-16(8-9-17(19)26-11-5-4-6-18(26)23(25)28)22(27)24-14-15-7-10-20(29-2)21(12-15)30-3/h7-10,12-13,18H,4-6,11,14H2,1-3H3,(H,24,27). The minimum absolute atomic E-state index is 0.0824. The SMILES string of the molecule is COc1ccc(CNC(=O)c2ccc3c(c2)N(C)C(=O)C2CCCCN32)cc1OC. The molecular weight excluding hydrogens is 382 g/mol. The number of fused-ring (bicyclic) bond motifs is 3. The third-order valence-electron chi connectivity index (χ3n) is 5.93. The van der Waals surface area contributed by atoms with Crippen molar-refractivity contribution in [1.29, 1.82) is 0 Å². The zero-order chi connectivity index (χ0) is 21.3. The summed E-state index contributed by atoms with van der Waals surface area (Å²) in [7, 11) is 4.96. The first-order valence-corrected chi connectivity index (χ1v) is 10.2. The van der Waals surface area contributed by atoms with Crippen LogP contribution in [0.25, 0.3) is 0 Å². The minimum Gasteiger partial charge on any atom is -0.493 e. The third-order valence-corrected chi connectivity index (χ3v) is 5.93. The number of anilines is 2. The van der Waals surface area contributed by atoms with Gasteiger partial charge >= 0.3 is 0 Å². The van der Waals surface area contributed by atoms with Gasteiger partial charge in [-0.15, -0.1) is 0 Å². The number of amides is 2. The second kappa shape index (κ2) is 8.26. The van der Waals surface area contributed by atoms with E-state index < -0.39 is 0 Å². The molecule has 4 rings (SSSR count). The fourth-order valence-electron chi connectivity index (χ4n) is 4.27. The van der Waals surface area contributed by atoms with E-state index >= 15 is 0 Å². The molecule has 1 N–H and O–H groups in total. The summed E-state index contributed by atoms with van der Waals surface area (Å²) in [4.78, 5) is 29.4. The van der Waals surface area contributed by atoms with Crippen molar-refractivity contribution in [2.24, 2.45) is 0 Å². The highest BCUT2D eigenvalue weighted by atomic mass is 16.5. The van der Waals surface area contributed by atoms with Crippen molar-refractivity contribution in [2.45, 2.75) is 31.8 Å². The summed E-state index contributed by atoms with van der Waals surface area (Å²) in [6, 6.07) is 11.1. The first-order valence-electron chi connectivity index (χ1n) is 10.2. The Morgan fingerprint density at radius 1 is 1.07 bits per heavy atom. The maximum absolute atomic E-state index is 12.8. The van der Waals surface area contributed by atoms with E-state index in [4.69, 9.17) is 9.47 Å². The van der Waals surface area contributed by atoms with Crippen LogP contribution in [0.1, 0.15) is 35.2 Å². The van der Waals surface area contributed by atoms with Gasteiger partial charge in [0, 0.05) is 25.7 Å². The number of piperidine rings is 1. The smallest absolute Gasteiger partial charge is 0.251 e. The molecule has 2 aromatic carbocycles. The number of ether oxygens (including phenoxy) is 2. The summed E-state index contributed by atoms with van der Waals surface area (Å²) in [6.45, 7) is 1.24. The van der Waals surface area contributed by atoms with E-state index in [0.717, 1.165) is 42.7 Å². The second-order valence-electron chi connectivity index (χ2n) is 7.68. The number of nitrogens with one attached hydrogen (secondary N) is 1. The van der Waals surface area contributed by atoms with E-state index in [1.807, 2.05) is 36.4 Å². The van der Waals surface area contributed by atoms with Crippen molar-refractivity contribution in [3.05, 3.63) is 47.5 Å². The number of hydrogen-bond donors (Lipinski definition) is 1. The number of likely N-dealkylation sites (N-methyl/N-ethyl adjacent to an activating group) is 1. The van der Waals surface area contributed by atoms with Gasteiger partial charge in [0.2, 0.25) is 5.91 Å². The molecule has 2 aliphatic heterocycles. The van der Waals surface area contributed by atoms with Crippen molar-refractivity contribution in [2.75, 3.05) is 37.6 Å². The number of rotatable bonds is 5. The molecule has 1 saturated heterocycles. The first-order chi connectivity index (χ1) is 14.5. The number of nitrogens with zero attached hydrogens (tertiary/aromatic N) is 2. The van der Waals surface area contributed by atoms with E-state index in [-0.39, 0.29) is 17.9 Å². The molecule has 7 heteroatoms. The van der Waals surface area contributed by atoms with Crippen LogP contribution in [-0.2, 0) is 11.3 Å². The van der Waals surface area contributed by atoms with Gasteiger partial charge in [-0.1, -0.05) is 6.07 Å². The summed E-state index contributed by atoms with van der Waals surface area (Å²) in [6.07, 6.45) is 3.05. The van der Waals surface area contributed by atoms with E-state index in [9.17, 15) is 9.59 Å². The van der Waals surface area contributed by atoms with Gasteiger partial charge in [-0.2, -0.15) is 0 Å². The molecule has 7 nitrogen and oxygen atoms in total. The lowest BCUT2D eigenvalue weighted by atomic mass is 9.96. The van der Waals surface area contributed by atoms with Gasteiger partial charge in [-0.05, 0) is 55.2 Å². The Labute approximate surface area is 176 Å². The molecule has 0 bridgehead atoms. The summed E-state index contributed by atoms with van der Waals surface area (Å²) < 4.78 is 10.6. The molecule has 0 spiro atoms. The Morgan fingerprint density at radius 2 is 1.87 bits per heavy atom. The lowest BCUT2D eigenvalue weighted by Crippen LogP contribution is -2.54. The summed E-state index contributed by atoms with van der Waals surface area (Å²) in [5.41, 5.74) is 3.25. The van der Waals surface area contributed by atoms with Gasteiger partial charge in [0.15, 0.2) is 11.5 Å². The molecule has 1 atom stereocenters. The molecular formula is C23H27N3O4. The normalized spacial score (nSPS) is 17.8. The number of carbonyl (C=O) groups excluding carboxylic acids is 2. The molecule has 2 aromatic rings. The minimum atomic E-state index is -0.186. The summed E-state index contributed by atoms with van der Waals surface area (Å²) >= 11 is 0. The topological polar surface area (TPSA) is 71.1 Å². The largest absolute Gasteiger partial charge is 0.493 e. The van der Waals surface area contributed by atoms with Crippen molar-refractivity contribution in [3.63, 3.8) is 0 Å². The van der Waals surface area contributed by atoms with Crippen LogP contribution >= 0.6 is 0 Å².